The van der Waals surface area contributed by atoms with Gasteiger partial charge in [0, 0.05) is 31.6 Å². The third kappa shape index (κ3) is 11.1. The van der Waals surface area contributed by atoms with Gasteiger partial charge >= 0.3 is 0 Å². The van der Waals surface area contributed by atoms with Crippen LogP contribution in [-0.2, 0) is 22.4 Å². The normalized spacial score (nSPS) is 13.7. The molecular weight excluding hydrogens is 416 g/mol. The lowest BCUT2D eigenvalue weighted by molar-refractivity contribution is -0.130. The molecule has 0 aliphatic carbocycles. The zero-order valence-corrected chi connectivity index (χ0v) is 19.3. The molecule has 0 fully saturated rings. The van der Waals surface area contributed by atoms with Crippen molar-refractivity contribution >= 4 is 11.8 Å². The van der Waals surface area contributed by atoms with E-state index in [0.717, 1.165) is 36.8 Å². The van der Waals surface area contributed by atoms with Gasteiger partial charge in [0.1, 0.15) is 6.10 Å². The van der Waals surface area contributed by atoms with Crippen LogP contribution in [0.25, 0.3) is 0 Å². The van der Waals surface area contributed by atoms with Crippen molar-refractivity contribution in [2.45, 2.75) is 63.1 Å². The highest BCUT2D eigenvalue weighted by molar-refractivity contribution is 5.81. The highest BCUT2D eigenvalue weighted by Gasteiger charge is 2.22. The van der Waals surface area contributed by atoms with Gasteiger partial charge in [-0.15, -0.1) is 0 Å². The van der Waals surface area contributed by atoms with E-state index in [4.69, 9.17) is 11.5 Å². The lowest BCUT2D eigenvalue weighted by Gasteiger charge is -2.18. The second-order valence-corrected chi connectivity index (χ2v) is 8.51. The van der Waals surface area contributed by atoms with Crippen molar-refractivity contribution in [2.24, 2.45) is 11.5 Å². The van der Waals surface area contributed by atoms with E-state index in [1.165, 1.54) is 0 Å². The molecule has 2 aromatic rings. The summed E-state index contributed by atoms with van der Waals surface area (Å²) in [5.41, 5.74) is 14.2. The van der Waals surface area contributed by atoms with Crippen LogP contribution >= 0.6 is 0 Å². The van der Waals surface area contributed by atoms with E-state index >= 15 is 0 Å². The summed E-state index contributed by atoms with van der Waals surface area (Å²) in [6.45, 7) is 1.12. The smallest absolute Gasteiger partial charge is 0.250 e. The van der Waals surface area contributed by atoms with E-state index in [9.17, 15) is 14.7 Å². The van der Waals surface area contributed by atoms with Crippen molar-refractivity contribution in [1.29, 1.82) is 0 Å². The molecule has 3 atom stereocenters. The summed E-state index contributed by atoms with van der Waals surface area (Å²) in [5, 5.41) is 15.8. The first kappa shape index (κ1) is 26.5. The molecule has 7 heteroatoms. The highest BCUT2D eigenvalue weighted by atomic mass is 16.3. The van der Waals surface area contributed by atoms with Crippen LogP contribution in [0.1, 0.15) is 43.2 Å². The molecule has 0 radical (unpaired) electrons. The van der Waals surface area contributed by atoms with Crippen molar-refractivity contribution in [1.82, 2.24) is 10.6 Å². The van der Waals surface area contributed by atoms with Gasteiger partial charge < -0.3 is 27.2 Å². The van der Waals surface area contributed by atoms with Crippen LogP contribution in [0, 0.1) is 0 Å². The van der Waals surface area contributed by atoms with Crippen LogP contribution in [-0.4, -0.2) is 48.2 Å². The van der Waals surface area contributed by atoms with E-state index in [1.54, 1.807) is 0 Å². The van der Waals surface area contributed by atoms with E-state index in [-0.39, 0.29) is 11.9 Å². The first-order valence-corrected chi connectivity index (χ1v) is 11.8. The van der Waals surface area contributed by atoms with Gasteiger partial charge in [0.2, 0.25) is 11.8 Å². The fourth-order valence-corrected chi connectivity index (χ4v) is 3.64. The van der Waals surface area contributed by atoms with Crippen LogP contribution in [0.15, 0.2) is 60.7 Å². The molecule has 0 aromatic heterocycles. The summed E-state index contributed by atoms with van der Waals surface area (Å²) >= 11 is 0. The molecular formula is C26H38N4O3. The van der Waals surface area contributed by atoms with Crippen LogP contribution in [0.2, 0.25) is 0 Å². The lowest BCUT2D eigenvalue weighted by atomic mass is 10.0. The van der Waals surface area contributed by atoms with Gasteiger partial charge in [0.15, 0.2) is 0 Å². The summed E-state index contributed by atoms with van der Waals surface area (Å²) in [6, 6.07) is 18.7. The first-order chi connectivity index (χ1) is 16.0. The molecule has 2 rings (SSSR count). The van der Waals surface area contributed by atoms with Gasteiger partial charge in [-0.2, -0.15) is 0 Å². The number of hydrogen-bond acceptors (Lipinski definition) is 5. The summed E-state index contributed by atoms with van der Waals surface area (Å²) in [6.07, 6.45) is 3.77. The zero-order chi connectivity index (χ0) is 23.9. The Morgan fingerprint density at radius 1 is 0.758 bits per heavy atom. The fraction of sp³-hybridized carbons (Fsp3) is 0.462. The molecule has 0 heterocycles. The minimum absolute atomic E-state index is 0.0217. The molecule has 0 bridgehead atoms. The summed E-state index contributed by atoms with van der Waals surface area (Å²) in [7, 11) is 0. The SMILES string of the molecule is NC(Cc1ccccc1)C(O)C(=O)NCCCCCCNC(=O)C[C@@H](N)Cc1ccccc1. The third-order valence-electron chi connectivity index (χ3n) is 5.50. The molecule has 0 spiro atoms. The molecule has 0 saturated carbocycles. The van der Waals surface area contributed by atoms with Crippen molar-refractivity contribution in [3.05, 3.63) is 71.8 Å². The maximum absolute atomic E-state index is 12.1. The number of carbonyl (C=O) groups is 2. The number of aliphatic hydroxyl groups is 1. The second-order valence-electron chi connectivity index (χ2n) is 8.51. The Kier molecular flexibility index (Phi) is 12.2. The first-order valence-electron chi connectivity index (χ1n) is 11.8. The predicted octanol–water partition coefficient (Wildman–Crippen LogP) is 1.67. The molecule has 7 N–H and O–H groups in total. The Labute approximate surface area is 196 Å². The van der Waals surface area contributed by atoms with Gasteiger partial charge in [0.25, 0.3) is 0 Å². The predicted molar refractivity (Wildman–Crippen MR) is 131 cm³/mol. The molecule has 2 amide bonds. The van der Waals surface area contributed by atoms with Gasteiger partial charge in [0.05, 0.1) is 0 Å². The maximum atomic E-state index is 12.1. The monoisotopic (exact) mass is 454 g/mol. The average Bonchev–Trinajstić information content (AvgIpc) is 2.81. The van der Waals surface area contributed by atoms with Gasteiger partial charge in [-0.1, -0.05) is 73.5 Å². The summed E-state index contributed by atoms with van der Waals surface area (Å²) in [5.74, 6) is -0.455. The number of unbranched alkanes of at least 4 members (excludes halogenated alkanes) is 3. The molecule has 33 heavy (non-hydrogen) atoms. The number of hydrogen-bond donors (Lipinski definition) is 5. The number of aliphatic hydroxyl groups excluding tert-OH is 1. The van der Waals surface area contributed by atoms with Gasteiger partial charge in [-0.05, 0) is 36.8 Å². The van der Waals surface area contributed by atoms with Crippen molar-refractivity contribution < 1.29 is 14.7 Å². The Hall–Kier alpha value is -2.74. The summed E-state index contributed by atoms with van der Waals surface area (Å²) in [4.78, 5) is 24.1. The Balaban J connectivity index is 1.47. The Morgan fingerprint density at radius 3 is 1.85 bits per heavy atom. The van der Waals surface area contributed by atoms with Crippen LogP contribution in [0.3, 0.4) is 0 Å². The second kappa shape index (κ2) is 15.2. The number of rotatable bonds is 15. The Morgan fingerprint density at radius 2 is 1.27 bits per heavy atom. The van der Waals surface area contributed by atoms with Gasteiger partial charge in [-0.3, -0.25) is 9.59 Å². The minimum atomic E-state index is -1.23. The highest BCUT2D eigenvalue weighted by Crippen LogP contribution is 2.06. The van der Waals surface area contributed by atoms with E-state index < -0.39 is 18.1 Å². The molecule has 0 saturated heterocycles. The standard InChI is InChI=1S/C26H38N4O3/c27-22(17-20-11-5-3-6-12-20)19-24(31)29-15-9-1-2-10-16-30-26(33)25(32)23(28)18-21-13-7-4-8-14-21/h3-8,11-14,22-23,25,32H,1-2,9-10,15-19,27-28H2,(H,29,31)(H,30,33)/t22-,23?,25?/m0/s1. The maximum Gasteiger partial charge on any atom is 0.250 e. The molecule has 2 aromatic carbocycles. The molecule has 180 valence electrons. The molecule has 7 nitrogen and oxygen atoms in total. The zero-order valence-electron chi connectivity index (χ0n) is 19.3. The third-order valence-corrected chi connectivity index (χ3v) is 5.50. The molecule has 0 aliphatic heterocycles. The fourth-order valence-electron chi connectivity index (χ4n) is 3.64. The van der Waals surface area contributed by atoms with Crippen LogP contribution in [0.4, 0.5) is 0 Å². The van der Waals surface area contributed by atoms with Crippen molar-refractivity contribution in [3.8, 4) is 0 Å². The number of nitrogens with two attached hydrogens (primary N) is 2. The average molecular weight is 455 g/mol. The molecule has 0 aliphatic rings. The number of nitrogens with one attached hydrogen (secondary N) is 2. The summed E-state index contributed by atoms with van der Waals surface area (Å²) < 4.78 is 0. The minimum Gasteiger partial charge on any atom is -0.382 e. The number of carbonyl (C=O) groups excluding carboxylic acids is 2. The Bertz CT molecular complexity index is 817. The van der Waals surface area contributed by atoms with Crippen LogP contribution < -0.4 is 22.1 Å². The van der Waals surface area contributed by atoms with E-state index in [2.05, 4.69) is 10.6 Å². The quantitative estimate of drug-likeness (QED) is 0.261. The van der Waals surface area contributed by atoms with Gasteiger partial charge in [-0.25, -0.2) is 0 Å². The number of benzene rings is 2. The topological polar surface area (TPSA) is 130 Å². The van der Waals surface area contributed by atoms with Crippen molar-refractivity contribution in [2.75, 3.05) is 13.1 Å². The van der Waals surface area contributed by atoms with Crippen LogP contribution in [0.5, 0.6) is 0 Å². The lowest BCUT2D eigenvalue weighted by Crippen LogP contribution is -2.47. The molecule has 2 unspecified atom stereocenters. The largest absolute Gasteiger partial charge is 0.382 e. The number of amides is 2. The van der Waals surface area contributed by atoms with E-state index in [1.807, 2.05) is 60.7 Å². The van der Waals surface area contributed by atoms with Crippen molar-refractivity contribution in [3.63, 3.8) is 0 Å². The van der Waals surface area contributed by atoms with E-state index in [0.29, 0.717) is 32.4 Å².